The molecule has 4 heteroatoms. The molecule has 0 bridgehead atoms. The van der Waals surface area contributed by atoms with E-state index in [0.717, 1.165) is 35.7 Å². The molecule has 0 atom stereocenters. The van der Waals surface area contributed by atoms with Gasteiger partial charge in [-0.15, -0.1) is 0 Å². The summed E-state index contributed by atoms with van der Waals surface area (Å²) in [6.07, 6.45) is 0. The molecule has 0 radical (unpaired) electrons. The van der Waals surface area contributed by atoms with E-state index in [2.05, 4.69) is 65.6 Å². The number of nitrogens with zero attached hydrogens (tertiary/aromatic N) is 2. The van der Waals surface area contributed by atoms with E-state index < -0.39 is 0 Å². The van der Waals surface area contributed by atoms with Crippen molar-refractivity contribution in [1.29, 1.82) is 0 Å². The number of ether oxygens (including phenoxy) is 1. The van der Waals surface area contributed by atoms with Gasteiger partial charge in [0.25, 0.3) is 0 Å². The molecule has 0 aromatic heterocycles. The zero-order valence-electron chi connectivity index (χ0n) is 19.6. The Balaban J connectivity index is 1.25. The van der Waals surface area contributed by atoms with E-state index in [1.165, 1.54) is 11.1 Å². The highest BCUT2D eigenvalue weighted by Gasteiger charge is 2.37. The fourth-order valence-electron chi connectivity index (χ4n) is 5.44. The molecule has 35 heavy (non-hydrogen) atoms. The third-order valence-electron chi connectivity index (χ3n) is 7.15. The number of carbonyl (C=O) groups excluding carboxylic acids is 1. The second kappa shape index (κ2) is 9.40. The molecule has 0 spiro atoms. The van der Waals surface area contributed by atoms with Gasteiger partial charge in [-0.1, -0.05) is 97.1 Å². The molecule has 2 aliphatic heterocycles. The molecule has 4 nitrogen and oxygen atoms in total. The number of hydrogen-bond donors (Lipinski definition) is 0. The topological polar surface area (TPSA) is 32.8 Å². The molecular formula is C31H28N2O2. The maximum Gasteiger partial charge on any atom is 0.234 e. The van der Waals surface area contributed by atoms with Crippen LogP contribution in [0.3, 0.4) is 0 Å². The van der Waals surface area contributed by atoms with Crippen LogP contribution < -0.4 is 4.74 Å². The standard InChI is InChI=1S/C31H28N2O2/c34-31(29-25-15-7-9-17-27(25)35-28-18-10-8-16-26(28)29)33-21-19-32(20-22-33)30(23-11-3-1-4-12-23)24-13-5-2-6-14-24/h1-18,29-30H,19-22H2. The quantitative estimate of drug-likeness (QED) is 0.383. The Kier molecular flexibility index (Phi) is 5.81. The minimum atomic E-state index is -0.332. The van der Waals surface area contributed by atoms with E-state index in [0.29, 0.717) is 13.1 Å². The number of benzene rings is 4. The van der Waals surface area contributed by atoms with Gasteiger partial charge < -0.3 is 9.64 Å². The SMILES string of the molecule is O=C(C1c2ccccc2Oc2ccccc21)N1CCN(C(c2ccccc2)c2ccccc2)CC1. The number of hydrogen-bond acceptors (Lipinski definition) is 3. The Morgan fingerprint density at radius 1 is 0.629 bits per heavy atom. The van der Waals surface area contributed by atoms with Gasteiger partial charge in [0.1, 0.15) is 11.5 Å². The Hall–Kier alpha value is -3.89. The number of rotatable bonds is 4. The van der Waals surface area contributed by atoms with Crippen molar-refractivity contribution in [2.24, 2.45) is 0 Å². The van der Waals surface area contributed by atoms with Gasteiger partial charge in [-0.2, -0.15) is 0 Å². The molecule has 6 rings (SSSR count). The highest BCUT2D eigenvalue weighted by molar-refractivity contribution is 5.89. The van der Waals surface area contributed by atoms with Crippen LogP contribution in [0.25, 0.3) is 0 Å². The van der Waals surface area contributed by atoms with E-state index in [9.17, 15) is 4.79 Å². The highest BCUT2D eigenvalue weighted by atomic mass is 16.5. The summed E-state index contributed by atoms with van der Waals surface area (Å²) in [4.78, 5) is 18.5. The number of carbonyl (C=O) groups is 1. The number of piperazine rings is 1. The van der Waals surface area contributed by atoms with Gasteiger partial charge in [-0.3, -0.25) is 9.69 Å². The second-order valence-corrected chi connectivity index (χ2v) is 9.20. The summed E-state index contributed by atoms with van der Waals surface area (Å²) in [5.41, 5.74) is 4.46. The molecule has 0 N–H and O–H groups in total. The molecule has 174 valence electrons. The Bertz CT molecular complexity index is 1230. The molecule has 1 amide bonds. The molecule has 1 fully saturated rings. The molecule has 0 aliphatic carbocycles. The van der Waals surface area contributed by atoms with Crippen LogP contribution in [-0.2, 0) is 4.79 Å². The number of amides is 1. The molecule has 2 aliphatic rings. The molecular weight excluding hydrogens is 432 g/mol. The first-order valence-corrected chi connectivity index (χ1v) is 12.3. The molecule has 4 aromatic rings. The van der Waals surface area contributed by atoms with Gasteiger partial charge in [-0.25, -0.2) is 0 Å². The maximum absolute atomic E-state index is 13.9. The van der Waals surface area contributed by atoms with E-state index in [1.807, 2.05) is 53.4 Å². The van der Waals surface area contributed by atoms with Crippen LogP contribution in [0.1, 0.15) is 34.2 Å². The van der Waals surface area contributed by atoms with Crippen LogP contribution in [0.15, 0.2) is 109 Å². The van der Waals surface area contributed by atoms with Gasteiger partial charge in [0.05, 0.1) is 12.0 Å². The molecule has 4 aromatic carbocycles. The van der Waals surface area contributed by atoms with Crippen LogP contribution in [0.4, 0.5) is 0 Å². The second-order valence-electron chi connectivity index (χ2n) is 9.20. The van der Waals surface area contributed by atoms with Crippen LogP contribution in [0, 0.1) is 0 Å². The third kappa shape index (κ3) is 4.11. The number of para-hydroxylation sites is 2. The van der Waals surface area contributed by atoms with Crippen molar-refractivity contribution in [2.75, 3.05) is 26.2 Å². The lowest BCUT2D eigenvalue weighted by atomic mass is 9.86. The van der Waals surface area contributed by atoms with Gasteiger partial charge in [0.15, 0.2) is 0 Å². The van der Waals surface area contributed by atoms with Crippen LogP contribution in [-0.4, -0.2) is 41.9 Å². The highest BCUT2D eigenvalue weighted by Crippen LogP contribution is 2.44. The maximum atomic E-state index is 13.9. The Morgan fingerprint density at radius 3 is 1.60 bits per heavy atom. The minimum absolute atomic E-state index is 0.156. The summed E-state index contributed by atoms with van der Waals surface area (Å²) >= 11 is 0. The first kappa shape index (κ1) is 21.6. The minimum Gasteiger partial charge on any atom is -0.457 e. The van der Waals surface area contributed by atoms with E-state index in [-0.39, 0.29) is 17.9 Å². The lowest BCUT2D eigenvalue weighted by molar-refractivity contribution is -0.134. The zero-order chi connectivity index (χ0) is 23.6. The fraction of sp³-hybridized carbons (Fsp3) is 0.194. The van der Waals surface area contributed by atoms with Gasteiger partial charge >= 0.3 is 0 Å². The summed E-state index contributed by atoms with van der Waals surface area (Å²) < 4.78 is 6.11. The molecule has 2 heterocycles. The predicted octanol–water partition coefficient (Wildman–Crippen LogP) is 5.86. The summed E-state index contributed by atoms with van der Waals surface area (Å²) in [5.74, 6) is 1.37. The summed E-state index contributed by atoms with van der Waals surface area (Å²) in [6, 6.07) is 37.3. The van der Waals surface area contributed by atoms with Crippen molar-refractivity contribution in [2.45, 2.75) is 12.0 Å². The largest absolute Gasteiger partial charge is 0.457 e. The van der Waals surface area contributed by atoms with Crippen molar-refractivity contribution in [3.8, 4) is 11.5 Å². The predicted molar refractivity (Wildman–Crippen MR) is 138 cm³/mol. The first-order valence-electron chi connectivity index (χ1n) is 12.3. The summed E-state index contributed by atoms with van der Waals surface area (Å²) in [7, 11) is 0. The third-order valence-corrected chi connectivity index (χ3v) is 7.15. The van der Waals surface area contributed by atoms with E-state index >= 15 is 0 Å². The molecule has 0 saturated carbocycles. The summed E-state index contributed by atoms with van der Waals surface area (Å²) in [5, 5.41) is 0. The molecule has 0 unspecified atom stereocenters. The van der Waals surface area contributed by atoms with E-state index in [4.69, 9.17) is 4.74 Å². The average Bonchev–Trinajstić information content (AvgIpc) is 2.93. The zero-order valence-corrected chi connectivity index (χ0v) is 19.6. The van der Waals surface area contributed by atoms with Gasteiger partial charge in [-0.05, 0) is 23.3 Å². The lowest BCUT2D eigenvalue weighted by Crippen LogP contribution is -2.51. The first-order chi connectivity index (χ1) is 17.3. The normalized spacial score (nSPS) is 15.9. The fourth-order valence-corrected chi connectivity index (χ4v) is 5.44. The van der Waals surface area contributed by atoms with Crippen LogP contribution >= 0.6 is 0 Å². The van der Waals surface area contributed by atoms with Crippen molar-refractivity contribution in [3.05, 3.63) is 131 Å². The Labute approximate surface area is 206 Å². The van der Waals surface area contributed by atoms with Gasteiger partial charge in [0.2, 0.25) is 5.91 Å². The van der Waals surface area contributed by atoms with E-state index in [1.54, 1.807) is 0 Å². The van der Waals surface area contributed by atoms with Crippen molar-refractivity contribution in [1.82, 2.24) is 9.80 Å². The smallest absolute Gasteiger partial charge is 0.234 e. The van der Waals surface area contributed by atoms with Gasteiger partial charge in [0, 0.05) is 37.3 Å². The average molecular weight is 461 g/mol. The van der Waals surface area contributed by atoms with Crippen molar-refractivity contribution < 1.29 is 9.53 Å². The van der Waals surface area contributed by atoms with Crippen molar-refractivity contribution in [3.63, 3.8) is 0 Å². The van der Waals surface area contributed by atoms with Crippen LogP contribution in [0.2, 0.25) is 0 Å². The molecule has 1 saturated heterocycles. The van der Waals surface area contributed by atoms with Crippen molar-refractivity contribution >= 4 is 5.91 Å². The number of fused-ring (bicyclic) bond motifs is 2. The van der Waals surface area contributed by atoms with Crippen LogP contribution in [0.5, 0.6) is 11.5 Å². The lowest BCUT2D eigenvalue weighted by Gasteiger charge is -2.41. The monoisotopic (exact) mass is 460 g/mol. The Morgan fingerprint density at radius 2 is 1.09 bits per heavy atom. The summed E-state index contributed by atoms with van der Waals surface area (Å²) in [6.45, 7) is 3.06.